The fraction of sp³-hybridized carbons (Fsp3) is 0.500. The lowest BCUT2D eigenvalue weighted by atomic mass is 9.94. The van der Waals surface area contributed by atoms with E-state index in [2.05, 4.69) is 32.1 Å². The smallest absolute Gasteiger partial charge is 0.282 e. The van der Waals surface area contributed by atoms with Crippen molar-refractivity contribution < 1.29 is 9.00 Å². The molecular formula is C20H28N4O2S2. The first kappa shape index (κ1) is 21.0. The van der Waals surface area contributed by atoms with Gasteiger partial charge < -0.3 is 10.2 Å². The van der Waals surface area contributed by atoms with E-state index in [0.717, 1.165) is 48.5 Å². The highest BCUT2D eigenvalue weighted by Gasteiger charge is 2.21. The number of hydrogen-bond acceptors (Lipinski definition) is 6. The molecule has 2 N–H and O–H groups in total. The lowest BCUT2D eigenvalue weighted by Crippen LogP contribution is -2.31. The number of anilines is 1. The van der Waals surface area contributed by atoms with E-state index in [9.17, 15) is 9.00 Å². The molecule has 1 atom stereocenters. The second-order valence-corrected chi connectivity index (χ2v) is 9.47. The van der Waals surface area contributed by atoms with Gasteiger partial charge in [-0.05, 0) is 50.8 Å². The maximum Gasteiger partial charge on any atom is 0.282 e. The summed E-state index contributed by atoms with van der Waals surface area (Å²) in [6.45, 7) is 5.76. The van der Waals surface area contributed by atoms with Gasteiger partial charge in [-0.2, -0.15) is 0 Å². The van der Waals surface area contributed by atoms with Gasteiger partial charge in [0.25, 0.3) is 5.91 Å². The van der Waals surface area contributed by atoms with E-state index in [1.807, 2.05) is 25.1 Å². The van der Waals surface area contributed by atoms with Gasteiger partial charge in [-0.3, -0.25) is 9.52 Å². The highest BCUT2D eigenvalue weighted by Crippen LogP contribution is 2.28. The summed E-state index contributed by atoms with van der Waals surface area (Å²) in [5, 5.41) is 4.27. The molecule has 1 fully saturated rings. The highest BCUT2D eigenvalue weighted by molar-refractivity contribution is 7.82. The summed E-state index contributed by atoms with van der Waals surface area (Å²) >= 11 is 1.53. The Labute approximate surface area is 173 Å². The van der Waals surface area contributed by atoms with E-state index in [1.54, 1.807) is 0 Å². The van der Waals surface area contributed by atoms with Crippen LogP contribution in [-0.2, 0) is 17.5 Å². The number of amides is 1. The van der Waals surface area contributed by atoms with Crippen LogP contribution in [0.2, 0.25) is 0 Å². The van der Waals surface area contributed by atoms with Gasteiger partial charge in [0.15, 0.2) is 5.13 Å². The van der Waals surface area contributed by atoms with Gasteiger partial charge in [-0.1, -0.05) is 30.3 Å². The first-order valence-electron chi connectivity index (χ1n) is 9.64. The Hall–Kier alpha value is -1.77. The molecule has 1 aliphatic heterocycles. The zero-order chi connectivity index (χ0) is 19.9. The van der Waals surface area contributed by atoms with Crippen LogP contribution in [0.25, 0.3) is 0 Å². The number of hydrogen-bond donors (Lipinski definition) is 2. The second kappa shape index (κ2) is 10.1. The van der Waals surface area contributed by atoms with Crippen LogP contribution in [0.15, 0.2) is 30.3 Å². The molecule has 0 aliphatic carbocycles. The molecule has 0 spiro atoms. The number of carbonyl (C=O) groups excluding carboxylic acids is 1. The fourth-order valence-corrected chi connectivity index (χ4v) is 4.75. The standard InChI is InChI=1S/C20H28N4O2S2/c1-15-18(19(25)23-28(2)26)22-20(27-15)24(14-17-6-4-3-5-7-17)13-10-16-8-11-21-12-9-16/h3-7,16,21H,8-14H2,1-2H3,(H,23,25). The molecule has 1 saturated heterocycles. The van der Waals surface area contributed by atoms with Gasteiger partial charge in [0, 0.05) is 24.2 Å². The van der Waals surface area contributed by atoms with Gasteiger partial charge in [0.2, 0.25) is 0 Å². The molecule has 28 heavy (non-hydrogen) atoms. The lowest BCUT2D eigenvalue weighted by Gasteiger charge is -2.27. The van der Waals surface area contributed by atoms with Crippen molar-refractivity contribution in [2.24, 2.45) is 5.92 Å². The predicted molar refractivity (Wildman–Crippen MR) is 116 cm³/mol. The van der Waals surface area contributed by atoms with E-state index in [0.29, 0.717) is 5.69 Å². The van der Waals surface area contributed by atoms with Crippen LogP contribution in [-0.4, -0.2) is 41.0 Å². The third-order valence-corrected chi connectivity index (χ3v) is 6.49. The molecule has 1 amide bonds. The summed E-state index contributed by atoms with van der Waals surface area (Å²) in [5.74, 6) is 0.352. The topological polar surface area (TPSA) is 74.3 Å². The fourth-order valence-electron chi connectivity index (χ4n) is 3.46. The van der Waals surface area contributed by atoms with Gasteiger partial charge in [0.1, 0.15) is 16.7 Å². The number of nitrogens with one attached hydrogen (secondary N) is 2. The van der Waals surface area contributed by atoms with E-state index in [4.69, 9.17) is 0 Å². The average Bonchev–Trinajstić information content (AvgIpc) is 3.08. The quantitative estimate of drug-likeness (QED) is 0.687. The largest absolute Gasteiger partial charge is 0.344 e. The Morgan fingerprint density at radius 3 is 2.71 bits per heavy atom. The van der Waals surface area contributed by atoms with Gasteiger partial charge in [-0.15, -0.1) is 11.3 Å². The van der Waals surface area contributed by atoms with Crippen molar-refractivity contribution in [2.75, 3.05) is 30.8 Å². The summed E-state index contributed by atoms with van der Waals surface area (Å²) in [5.41, 5.74) is 1.59. The van der Waals surface area contributed by atoms with Crippen molar-refractivity contribution in [2.45, 2.75) is 32.7 Å². The number of piperidine rings is 1. The molecule has 0 radical (unpaired) electrons. The van der Waals surface area contributed by atoms with E-state index >= 15 is 0 Å². The Bertz CT molecular complexity index is 804. The maximum absolute atomic E-state index is 12.3. The van der Waals surface area contributed by atoms with Crippen LogP contribution < -0.4 is 14.9 Å². The van der Waals surface area contributed by atoms with Crippen LogP contribution in [0, 0.1) is 12.8 Å². The minimum atomic E-state index is -1.40. The molecule has 2 heterocycles. The molecule has 3 rings (SSSR count). The van der Waals surface area contributed by atoms with Crippen molar-refractivity contribution in [1.82, 2.24) is 15.0 Å². The van der Waals surface area contributed by atoms with Crippen molar-refractivity contribution in [3.63, 3.8) is 0 Å². The molecule has 6 nitrogen and oxygen atoms in total. The summed E-state index contributed by atoms with van der Waals surface area (Å²) < 4.78 is 13.8. The summed E-state index contributed by atoms with van der Waals surface area (Å²) in [6.07, 6.45) is 4.99. The van der Waals surface area contributed by atoms with Gasteiger partial charge in [0.05, 0.1) is 0 Å². The lowest BCUT2D eigenvalue weighted by molar-refractivity contribution is 0.0978. The van der Waals surface area contributed by atoms with Crippen LogP contribution in [0.3, 0.4) is 0 Å². The third-order valence-electron chi connectivity index (χ3n) is 4.99. The van der Waals surface area contributed by atoms with Crippen molar-refractivity contribution >= 4 is 33.4 Å². The molecule has 8 heteroatoms. The summed E-state index contributed by atoms with van der Waals surface area (Å²) in [6, 6.07) is 10.3. The number of aryl methyl sites for hydroxylation is 1. The number of thiazole rings is 1. The normalized spacial score (nSPS) is 15.9. The average molecular weight is 421 g/mol. The maximum atomic E-state index is 12.3. The first-order valence-corrected chi connectivity index (χ1v) is 12.0. The first-order chi connectivity index (χ1) is 13.5. The van der Waals surface area contributed by atoms with Gasteiger partial charge in [-0.25, -0.2) is 9.19 Å². The minimum absolute atomic E-state index is 0.370. The van der Waals surface area contributed by atoms with E-state index in [-0.39, 0.29) is 5.91 Å². The molecule has 0 bridgehead atoms. The molecule has 152 valence electrons. The molecule has 1 aliphatic rings. The van der Waals surface area contributed by atoms with E-state index < -0.39 is 11.0 Å². The predicted octanol–water partition coefficient (Wildman–Crippen LogP) is 2.87. The summed E-state index contributed by atoms with van der Waals surface area (Å²) in [4.78, 5) is 20.0. The van der Waals surface area contributed by atoms with Crippen LogP contribution in [0.4, 0.5) is 5.13 Å². The number of rotatable bonds is 8. The third kappa shape index (κ3) is 5.86. The van der Waals surface area contributed by atoms with Crippen molar-refractivity contribution in [3.05, 3.63) is 46.5 Å². The molecule has 1 aromatic heterocycles. The van der Waals surface area contributed by atoms with Crippen LogP contribution in [0.1, 0.15) is 40.2 Å². The van der Waals surface area contributed by atoms with Crippen molar-refractivity contribution in [3.8, 4) is 0 Å². The number of aromatic nitrogens is 1. The molecule has 2 aromatic rings. The molecular weight excluding hydrogens is 392 g/mol. The van der Waals surface area contributed by atoms with Crippen LogP contribution in [0.5, 0.6) is 0 Å². The second-order valence-electron chi connectivity index (χ2n) is 7.18. The Balaban J connectivity index is 1.77. The highest BCUT2D eigenvalue weighted by atomic mass is 32.2. The Kier molecular flexibility index (Phi) is 7.58. The van der Waals surface area contributed by atoms with Gasteiger partial charge >= 0.3 is 0 Å². The summed E-state index contributed by atoms with van der Waals surface area (Å²) in [7, 11) is -1.40. The monoisotopic (exact) mass is 420 g/mol. The Morgan fingerprint density at radius 1 is 1.32 bits per heavy atom. The molecule has 0 saturated carbocycles. The van der Waals surface area contributed by atoms with Crippen molar-refractivity contribution in [1.29, 1.82) is 0 Å². The SMILES string of the molecule is Cc1sc(N(CCC2CCNCC2)Cc2ccccc2)nc1C(=O)NS(C)=O. The molecule has 1 aromatic carbocycles. The Morgan fingerprint density at radius 2 is 2.04 bits per heavy atom. The zero-order valence-corrected chi connectivity index (χ0v) is 18.1. The number of nitrogens with zero attached hydrogens (tertiary/aromatic N) is 2. The number of carbonyl (C=O) groups is 1. The number of benzene rings is 1. The zero-order valence-electron chi connectivity index (χ0n) is 16.4. The minimum Gasteiger partial charge on any atom is -0.344 e. The van der Waals surface area contributed by atoms with Crippen LogP contribution >= 0.6 is 11.3 Å². The molecule has 1 unspecified atom stereocenters. The van der Waals surface area contributed by atoms with E-state index in [1.165, 1.54) is 36.0 Å².